The van der Waals surface area contributed by atoms with Crippen LogP contribution in [0.3, 0.4) is 0 Å². The van der Waals surface area contributed by atoms with Gasteiger partial charge in [0, 0.05) is 29.4 Å². The number of benzene rings is 3. The SMILES string of the molecule is Cc1ccc(S(=O)(=O)N(CC(=O)Nc2ccc(C)c(N3CCCC3=O)c2)c2ccc(C)c(Cl)c2)cc1. The van der Waals surface area contributed by atoms with Gasteiger partial charge in [-0.3, -0.25) is 13.9 Å². The van der Waals surface area contributed by atoms with Crippen molar-refractivity contribution < 1.29 is 18.0 Å². The fourth-order valence-electron chi connectivity index (χ4n) is 4.10. The second-order valence-corrected chi connectivity index (χ2v) is 11.2. The smallest absolute Gasteiger partial charge is 0.264 e. The number of nitrogens with one attached hydrogen (secondary N) is 1. The first-order valence-corrected chi connectivity index (χ1v) is 13.4. The van der Waals surface area contributed by atoms with Gasteiger partial charge in [-0.1, -0.05) is 41.4 Å². The molecule has 0 aromatic heterocycles. The van der Waals surface area contributed by atoms with Crippen LogP contribution in [0.4, 0.5) is 17.1 Å². The zero-order chi connectivity index (χ0) is 26.0. The normalized spacial score (nSPS) is 13.7. The number of carbonyl (C=O) groups is 2. The van der Waals surface area contributed by atoms with Gasteiger partial charge in [0.2, 0.25) is 11.8 Å². The summed E-state index contributed by atoms with van der Waals surface area (Å²) in [6, 6.07) is 16.7. The van der Waals surface area contributed by atoms with Gasteiger partial charge in [0.05, 0.1) is 10.6 Å². The predicted octanol–water partition coefficient (Wildman–Crippen LogP) is 5.23. The molecule has 0 spiro atoms. The number of halogens is 1. The van der Waals surface area contributed by atoms with Gasteiger partial charge in [0.1, 0.15) is 6.54 Å². The van der Waals surface area contributed by atoms with E-state index in [4.69, 9.17) is 11.6 Å². The molecule has 0 saturated carbocycles. The van der Waals surface area contributed by atoms with Crippen LogP contribution in [0.15, 0.2) is 65.6 Å². The van der Waals surface area contributed by atoms with E-state index in [0.29, 0.717) is 23.7 Å². The summed E-state index contributed by atoms with van der Waals surface area (Å²) in [4.78, 5) is 27.2. The van der Waals surface area contributed by atoms with Crippen molar-refractivity contribution in [2.24, 2.45) is 0 Å². The molecule has 1 aliphatic heterocycles. The Labute approximate surface area is 216 Å². The van der Waals surface area contributed by atoms with Gasteiger partial charge in [-0.05, 0) is 74.7 Å². The minimum Gasteiger partial charge on any atom is -0.324 e. The summed E-state index contributed by atoms with van der Waals surface area (Å²) in [5, 5.41) is 3.19. The molecular formula is C27H28ClN3O4S. The molecule has 3 aromatic rings. The highest BCUT2D eigenvalue weighted by atomic mass is 35.5. The van der Waals surface area contributed by atoms with E-state index in [2.05, 4.69) is 5.32 Å². The number of aryl methyl sites for hydroxylation is 3. The molecule has 36 heavy (non-hydrogen) atoms. The Morgan fingerprint density at radius 2 is 1.69 bits per heavy atom. The number of rotatable bonds is 7. The Hall–Kier alpha value is -3.36. The number of amides is 2. The first-order valence-electron chi connectivity index (χ1n) is 11.6. The van der Waals surface area contributed by atoms with Crippen LogP contribution in [-0.4, -0.2) is 33.3 Å². The van der Waals surface area contributed by atoms with Crippen LogP contribution in [-0.2, 0) is 19.6 Å². The maximum absolute atomic E-state index is 13.6. The van der Waals surface area contributed by atoms with Crippen LogP contribution in [0.5, 0.6) is 0 Å². The van der Waals surface area contributed by atoms with Gasteiger partial charge in [-0.25, -0.2) is 8.42 Å². The van der Waals surface area contributed by atoms with Gasteiger partial charge >= 0.3 is 0 Å². The number of sulfonamides is 1. The third-order valence-corrected chi connectivity index (χ3v) is 8.39. The lowest BCUT2D eigenvalue weighted by Crippen LogP contribution is -2.38. The number of carbonyl (C=O) groups excluding carboxylic acids is 2. The van der Waals surface area contributed by atoms with Crippen LogP contribution in [0.2, 0.25) is 5.02 Å². The van der Waals surface area contributed by atoms with Gasteiger partial charge < -0.3 is 10.2 Å². The minimum atomic E-state index is -4.06. The molecule has 1 N–H and O–H groups in total. The fraction of sp³-hybridized carbons (Fsp3) is 0.259. The van der Waals surface area contributed by atoms with Crippen LogP contribution in [0, 0.1) is 20.8 Å². The fourth-order valence-corrected chi connectivity index (χ4v) is 5.69. The van der Waals surface area contributed by atoms with Gasteiger partial charge in [0.15, 0.2) is 0 Å². The average Bonchev–Trinajstić information content (AvgIpc) is 3.26. The van der Waals surface area contributed by atoms with Crippen molar-refractivity contribution in [1.82, 2.24) is 0 Å². The van der Waals surface area contributed by atoms with Crippen LogP contribution < -0.4 is 14.5 Å². The molecule has 0 aliphatic carbocycles. The highest BCUT2D eigenvalue weighted by molar-refractivity contribution is 7.92. The van der Waals surface area contributed by atoms with E-state index in [1.165, 1.54) is 12.1 Å². The molecule has 4 rings (SSSR count). The van der Waals surface area contributed by atoms with Crippen molar-refractivity contribution in [3.8, 4) is 0 Å². The van der Waals surface area contributed by atoms with E-state index in [9.17, 15) is 18.0 Å². The molecule has 1 fully saturated rings. The zero-order valence-electron chi connectivity index (χ0n) is 20.4. The predicted molar refractivity (Wildman–Crippen MR) is 143 cm³/mol. The van der Waals surface area contributed by atoms with E-state index in [1.54, 1.807) is 47.4 Å². The van der Waals surface area contributed by atoms with Gasteiger partial charge in [0.25, 0.3) is 10.0 Å². The molecule has 188 valence electrons. The number of nitrogens with zero attached hydrogens (tertiary/aromatic N) is 2. The second kappa shape index (κ2) is 10.3. The van der Waals surface area contributed by atoms with Gasteiger partial charge in [-0.2, -0.15) is 0 Å². The van der Waals surface area contributed by atoms with Crippen molar-refractivity contribution in [2.45, 2.75) is 38.5 Å². The Kier molecular flexibility index (Phi) is 7.38. The molecule has 0 bridgehead atoms. The molecule has 1 aliphatic rings. The summed E-state index contributed by atoms with van der Waals surface area (Å²) in [6.45, 7) is 5.77. The zero-order valence-corrected chi connectivity index (χ0v) is 22.0. The monoisotopic (exact) mass is 525 g/mol. The third-order valence-electron chi connectivity index (χ3n) is 6.20. The summed E-state index contributed by atoms with van der Waals surface area (Å²) < 4.78 is 28.2. The largest absolute Gasteiger partial charge is 0.324 e. The van der Waals surface area contributed by atoms with E-state index < -0.39 is 22.5 Å². The second-order valence-electron chi connectivity index (χ2n) is 8.96. The van der Waals surface area contributed by atoms with Crippen LogP contribution in [0.25, 0.3) is 0 Å². The van der Waals surface area contributed by atoms with E-state index in [-0.39, 0.29) is 16.5 Å². The molecule has 2 amide bonds. The standard InChI is InChI=1S/C27H28ClN3O4S/c1-18-6-12-23(13-7-18)36(34,35)31(22-11-9-19(2)24(28)16-22)17-26(32)29-21-10-8-20(3)25(15-21)30-14-4-5-27(30)33/h6-13,15-16H,4-5,14,17H2,1-3H3,(H,29,32). The molecule has 0 unspecified atom stereocenters. The lowest BCUT2D eigenvalue weighted by atomic mass is 10.1. The Morgan fingerprint density at radius 1 is 1.00 bits per heavy atom. The lowest BCUT2D eigenvalue weighted by molar-refractivity contribution is -0.117. The Morgan fingerprint density at radius 3 is 2.33 bits per heavy atom. The highest BCUT2D eigenvalue weighted by Gasteiger charge is 2.28. The molecule has 0 atom stereocenters. The van der Waals surface area contributed by atoms with E-state index in [1.807, 2.05) is 26.8 Å². The summed E-state index contributed by atoms with van der Waals surface area (Å²) in [6.07, 6.45) is 1.29. The maximum Gasteiger partial charge on any atom is 0.264 e. The first kappa shape index (κ1) is 25.7. The van der Waals surface area contributed by atoms with Crippen LogP contribution >= 0.6 is 11.6 Å². The van der Waals surface area contributed by atoms with Crippen molar-refractivity contribution in [1.29, 1.82) is 0 Å². The molecule has 0 radical (unpaired) electrons. The molecule has 3 aromatic carbocycles. The van der Waals surface area contributed by atoms with Crippen molar-refractivity contribution in [3.05, 3.63) is 82.4 Å². The number of anilines is 3. The van der Waals surface area contributed by atoms with E-state index in [0.717, 1.165) is 33.1 Å². The van der Waals surface area contributed by atoms with Crippen molar-refractivity contribution in [3.63, 3.8) is 0 Å². The molecule has 1 heterocycles. The lowest BCUT2D eigenvalue weighted by Gasteiger charge is -2.25. The molecule has 7 nitrogen and oxygen atoms in total. The van der Waals surface area contributed by atoms with Crippen LogP contribution in [0.1, 0.15) is 29.5 Å². The minimum absolute atomic E-state index is 0.0493. The van der Waals surface area contributed by atoms with Crippen molar-refractivity contribution in [2.75, 3.05) is 27.6 Å². The quantitative estimate of drug-likeness (QED) is 0.458. The Balaban J connectivity index is 1.64. The molecule has 9 heteroatoms. The topological polar surface area (TPSA) is 86.8 Å². The maximum atomic E-state index is 13.6. The van der Waals surface area contributed by atoms with Crippen molar-refractivity contribution >= 4 is 50.5 Å². The average molecular weight is 526 g/mol. The first-order chi connectivity index (χ1) is 17.1. The molecular weight excluding hydrogens is 498 g/mol. The summed E-state index contributed by atoms with van der Waals surface area (Å²) >= 11 is 6.29. The summed E-state index contributed by atoms with van der Waals surface area (Å²) in [5.41, 5.74) is 4.14. The van der Waals surface area contributed by atoms with E-state index >= 15 is 0 Å². The highest BCUT2D eigenvalue weighted by Crippen LogP contribution is 2.30. The number of hydrogen-bond donors (Lipinski definition) is 1. The summed E-state index contributed by atoms with van der Waals surface area (Å²) in [5.74, 6) is -0.474. The number of hydrogen-bond acceptors (Lipinski definition) is 4. The summed E-state index contributed by atoms with van der Waals surface area (Å²) in [7, 11) is -4.06. The molecule has 1 saturated heterocycles. The third kappa shape index (κ3) is 5.39. The Bertz CT molecular complexity index is 1420. The van der Waals surface area contributed by atoms with Gasteiger partial charge in [-0.15, -0.1) is 0 Å².